The number of aryl methyl sites for hydroxylation is 1. The minimum atomic E-state index is 0.756. The molecule has 134 valence electrons. The van der Waals surface area contributed by atoms with E-state index in [-0.39, 0.29) is 0 Å². The van der Waals surface area contributed by atoms with E-state index in [1.807, 2.05) is 0 Å². The molecule has 2 nitrogen and oxygen atoms in total. The fourth-order valence-electron chi connectivity index (χ4n) is 2.99. The lowest BCUT2D eigenvalue weighted by molar-refractivity contribution is -0.174. The molecule has 3 rings (SSSR count). The summed E-state index contributed by atoms with van der Waals surface area (Å²) in [5.41, 5.74) is 3.94. The molecule has 0 saturated heterocycles. The van der Waals surface area contributed by atoms with Crippen LogP contribution in [0.1, 0.15) is 29.5 Å². The Labute approximate surface area is 157 Å². The van der Waals surface area contributed by atoms with Gasteiger partial charge in [-0.05, 0) is 36.0 Å². The van der Waals surface area contributed by atoms with Crippen LogP contribution in [0, 0.1) is 0 Å². The highest BCUT2D eigenvalue weighted by molar-refractivity contribution is 5.17. The smallest absolute Gasteiger partial charge is 0.0685 e. The Morgan fingerprint density at radius 3 is 1.50 bits per heavy atom. The normalized spacial score (nSPS) is 11.0. The summed E-state index contributed by atoms with van der Waals surface area (Å²) < 4.78 is 0. The van der Waals surface area contributed by atoms with Gasteiger partial charge in [-0.2, -0.15) is 5.06 Å². The molecule has 0 N–H and O–H groups in total. The van der Waals surface area contributed by atoms with Crippen molar-refractivity contribution >= 4 is 0 Å². The maximum absolute atomic E-state index is 6.12. The predicted octanol–water partition coefficient (Wildman–Crippen LogP) is 5.64. The van der Waals surface area contributed by atoms with Crippen molar-refractivity contribution in [3.63, 3.8) is 0 Å². The van der Waals surface area contributed by atoms with Gasteiger partial charge in [-0.3, -0.25) is 4.84 Å². The number of benzene rings is 3. The van der Waals surface area contributed by atoms with Gasteiger partial charge in [-0.25, -0.2) is 0 Å². The van der Waals surface area contributed by atoms with E-state index in [0.717, 1.165) is 39.0 Å². The molecule has 0 amide bonds. The molecule has 0 saturated carbocycles. The van der Waals surface area contributed by atoms with Crippen LogP contribution in [-0.4, -0.2) is 11.7 Å². The molecule has 0 spiro atoms. The van der Waals surface area contributed by atoms with Crippen molar-refractivity contribution in [2.24, 2.45) is 0 Å². The summed E-state index contributed by atoms with van der Waals surface area (Å²) >= 11 is 0. The van der Waals surface area contributed by atoms with Crippen molar-refractivity contribution in [1.82, 2.24) is 5.06 Å². The molecule has 0 aromatic heterocycles. The average molecular weight is 345 g/mol. The van der Waals surface area contributed by atoms with Gasteiger partial charge in [-0.15, -0.1) is 0 Å². The fourth-order valence-corrected chi connectivity index (χ4v) is 2.99. The number of hydrogen-bond acceptors (Lipinski definition) is 2. The van der Waals surface area contributed by atoms with Crippen LogP contribution in [0.5, 0.6) is 0 Å². The van der Waals surface area contributed by atoms with Gasteiger partial charge < -0.3 is 0 Å². The number of hydroxylamine groups is 2. The van der Waals surface area contributed by atoms with Crippen molar-refractivity contribution in [1.29, 1.82) is 0 Å². The summed E-state index contributed by atoms with van der Waals surface area (Å²) in [6, 6.07) is 31.7. The number of nitrogens with zero attached hydrogens (tertiary/aromatic N) is 1. The second-order valence-corrected chi connectivity index (χ2v) is 6.55. The maximum atomic E-state index is 6.12. The maximum Gasteiger partial charge on any atom is 0.0685 e. The summed E-state index contributed by atoms with van der Waals surface area (Å²) in [7, 11) is 0. The molecule has 2 heteroatoms. The lowest BCUT2D eigenvalue weighted by atomic mass is 10.1. The monoisotopic (exact) mass is 345 g/mol. The number of hydrogen-bond donors (Lipinski definition) is 0. The first kappa shape index (κ1) is 18.4. The topological polar surface area (TPSA) is 12.5 Å². The molecule has 26 heavy (non-hydrogen) atoms. The zero-order chi connectivity index (χ0) is 17.9. The first-order valence-corrected chi connectivity index (χ1v) is 9.40. The SMILES string of the molecule is c1ccc(CCCCON(Cc2ccccc2)Cc2ccccc2)cc1. The molecule has 0 unspecified atom stereocenters. The van der Waals surface area contributed by atoms with Crippen LogP contribution in [0.15, 0.2) is 91.0 Å². The van der Waals surface area contributed by atoms with E-state index in [2.05, 4.69) is 96.1 Å². The highest BCUT2D eigenvalue weighted by Crippen LogP contribution is 2.12. The molecule has 0 fully saturated rings. The third-order valence-corrected chi connectivity index (χ3v) is 4.38. The molecule has 3 aromatic carbocycles. The molecule has 0 radical (unpaired) electrons. The highest BCUT2D eigenvalue weighted by atomic mass is 16.7. The minimum absolute atomic E-state index is 0.756. The van der Waals surface area contributed by atoms with Gasteiger partial charge in [0.25, 0.3) is 0 Å². The second kappa shape index (κ2) is 10.5. The summed E-state index contributed by atoms with van der Waals surface area (Å²) in [4.78, 5) is 6.12. The van der Waals surface area contributed by atoms with Crippen molar-refractivity contribution in [2.75, 3.05) is 6.61 Å². The zero-order valence-electron chi connectivity index (χ0n) is 15.3. The van der Waals surface area contributed by atoms with Gasteiger partial charge in [0.05, 0.1) is 6.61 Å². The van der Waals surface area contributed by atoms with Crippen LogP contribution in [-0.2, 0) is 24.3 Å². The lowest BCUT2D eigenvalue weighted by Crippen LogP contribution is -2.24. The average Bonchev–Trinajstić information content (AvgIpc) is 2.70. The molecule has 0 bridgehead atoms. The Morgan fingerprint density at radius 2 is 1.00 bits per heavy atom. The molecule has 0 heterocycles. The van der Waals surface area contributed by atoms with Gasteiger partial charge in [0.1, 0.15) is 0 Å². The van der Waals surface area contributed by atoms with E-state index in [0.29, 0.717) is 0 Å². The molecule has 0 aliphatic rings. The number of unbranched alkanes of at least 4 members (excludes halogenated alkanes) is 1. The van der Waals surface area contributed by atoms with Crippen LogP contribution in [0.3, 0.4) is 0 Å². The van der Waals surface area contributed by atoms with E-state index in [9.17, 15) is 0 Å². The molecular weight excluding hydrogens is 318 g/mol. The molecule has 0 aliphatic carbocycles. The molecule has 0 aliphatic heterocycles. The zero-order valence-corrected chi connectivity index (χ0v) is 15.3. The van der Waals surface area contributed by atoms with E-state index in [4.69, 9.17) is 4.84 Å². The van der Waals surface area contributed by atoms with Gasteiger partial charge in [0, 0.05) is 13.1 Å². The lowest BCUT2D eigenvalue weighted by Gasteiger charge is -2.22. The van der Waals surface area contributed by atoms with Crippen LogP contribution < -0.4 is 0 Å². The van der Waals surface area contributed by atoms with Crippen LogP contribution in [0.25, 0.3) is 0 Å². The third kappa shape index (κ3) is 6.47. The molecule has 0 atom stereocenters. The third-order valence-electron chi connectivity index (χ3n) is 4.38. The Balaban J connectivity index is 1.48. The standard InChI is InChI=1S/C24H27NO/c1-4-12-22(13-5-1)14-10-11-19-26-25(20-23-15-6-2-7-16-23)21-24-17-8-3-9-18-24/h1-9,12-13,15-18H,10-11,14,19-21H2. The van der Waals surface area contributed by atoms with Gasteiger partial charge in [0.2, 0.25) is 0 Å². The fraction of sp³-hybridized carbons (Fsp3) is 0.250. The minimum Gasteiger partial charge on any atom is -0.298 e. The quantitative estimate of drug-likeness (QED) is 0.348. The van der Waals surface area contributed by atoms with Crippen molar-refractivity contribution < 1.29 is 4.84 Å². The highest BCUT2D eigenvalue weighted by Gasteiger charge is 2.08. The summed E-state index contributed by atoms with van der Waals surface area (Å²) in [5, 5.41) is 2.08. The predicted molar refractivity (Wildman–Crippen MR) is 107 cm³/mol. The van der Waals surface area contributed by atoms with Crippen LogP contribution in [0.2, 0.25) is 0 Å². The van der Waals surface area contributed by atoms with Gasteiger partial charge >= 0.3 is 0 Å². The first-order chi connectivity index (χ1) is 12.9. The van der Waals surface area contributed by atoms with Gasteiger partial charge in [-0.1, -0.05) is 91.0 Å². The Morgan fingerprint density at radius 1 is 0.538 bits per heavy atom. The van der Waals surface area contributed by atoms with Crippen molar-refractivity contribution in [3.8, 4) is 0 Å². The summed E-state index contributed by atoms with van der Waals surface area (Å²) in [6.45, 7) is 2.36. The van der Waals surface area contributed by atoms with E-state index in [1.165, 1.54) is 16.7 Å². The largest absolute Gasteiger partial charge is 0.298 e. The first-order valence-electron chi connectivity index (χ1n) is 9.40. The van der Waals surface area contributed by atoms with Crippen molar-refractivity contribution in [2.45, 2.75) is 32.4 Å². The Bertz CT molecular complexity index is 686. The van der Waals surface area contributed by atoms with E-state index < -0.39 is 0 Å². The Hall–Kier alpha value is -2.42. The second-order valence-electron chi connectivity index (χ2n) is 6.55. The Kier molecular flexibility index (Phi) is 7.45. The molecule has 3 aromatic rings. The van der Waals surface area contributed by atoms with E-state index in [1.54, 1.807) is 0 Å². The van der Waals surface area contributed by atoms with Gasteiger partial charge in [0.15, 0.2) is 0 Å². The van der Waals surface area contributed by atoms with Crippen LogP contribution in [0.4, 0.5) is 0 Å². The van der Waals surface area contributed by atoms with E-state index >= 15 is 0 Å². The number of rotatable bonds is 10. The summed E-state index contributed by atoms with van der Waals surface area (Å²) in [5.74, 6) is 0. The van der Waals surface area contributed by atoms with Crippen molar-refractivity contribution in [3.05, 3.63) is 108 Å². The molecular formula is C24H27NO. The van der Waals surface area contributed by atoms with Crippen LogP contribution >= 0.6 is 0 Å². The summed E-state index contributed by atoms with van der Waals surface area (Å²) in [6.07, 6.45) is 3.32.